The summed E-state index contributed by atoms with van der Waals surface area (Å²) in [5.74, 6) is -2.98. The van der Waals surface area contributed by atoms with Gasteiger partial charge in [-0.2, -0.15) is 8.78 Å². The van der Waals surface area contributed by atoms with E-state index in [4.69, 9.17) is 16.7 Å². The number of benzene rings is 1. The molecule has 0 aliphatic rings. The second-order valence-electron chi connectivity index (χ2n) is 3.82. The van der Waals surface area contributed by atoms with Crippen LogP contribution in [0.5, 0.6) is 5.75 Å². The number of aliphatic hydroxyl groups excluding tert-OH is 1. The minimum Gasteiger partial charge on any atom is -0.479 e. The van der Waals surface area contributed by atoms with E-state index in [1.807, 2.05) is 0 Å². The SMILES string of the molecule is CC(Cl)C(=O)c1c(OC(F)F)cccc1C(O)C(=O)O. The highest BCUT2D eigenvalue weighted by Gasteiger charge is 2.28. The molecule has 0 aliphatic carbocycles. The lowest BCUT2D eigenvalue weighted by molar-refractivity contribution is -0.146. The van der Waals surface area contributed by atoms with Gasteiger partial charge in [-0.25, -0.2) is 4.79 Å². The molecule has 0 aromatic heterocycles. The Morgan fingerprint density at radius 1 is 1.35 bits per heavy atom. The molecule has 0 saturated carbocycles. The van der Waals surface area contributed by atoms with Gasteiger partial charge in [0.25, 0.3) is 0 Å². The molecular formula is C12H11ClF2O5. The summed E-state index contributed by atoms with van der Waals surface area (Å²) in [4.78, 5) is 22.7. The summed E-state index contributed by atoms with van der Waals surface area (Å²) >= 11 is 5.61. The zero-order valence-corrected chi connectivity index (χ0v) is 11.0. The quantitative estimate of drug-likeness (QED) is 0.622. The fraction of sp³-hybridized carbons (Fsp3) is 0.333. The van der Waals surface area contributed by atoms with Gasteiger partial charge in [-0.3, -0.25) is 4.79 Å². The third-order valence-electron chi connectivity index (χ3n) is 2.41. The van der Waals surface area contributed by atoms with E-state index in [-0.39, 0.29) is 5.56 Å². The summed E-state index contributed by atoms with van der Waals surface area (Å²) in [5, 5.41) is 17.2. The molecule has 2 unspecified atom stereocenters. The van der Waals surface area contributed by atoms with Gasteiger partial charge in [0.2, 0.25) is 0 Å². The fourth-order valence-electron chi connectivity index (χ4n) is 1.57. The number of hydrogen-bond acceptors (Lipinski definition) is 4. The molecule has 5 nitrogen and oxygen atoms in total. The Hall–Kier alpha value is -1.73. The summed E-state index contributed by atoms with van der Waals surface area (Å²) in [5.41, 5.74) is -0.821. The van der Waals surface area contributed by atoms with Crippen molar-refractivity contribution in [2.24, 2.45) is 0 Å². The van der Waals surface area contributed by atoms with E-state index in [2.05, 4.69) is 4.74 Å². The predicted molar refractivity (Wildman–Crippen MR) is 65.3 cm³/mol. The van der Waals surface area contributed by atoms with E-state index in [0.29, 0.717) is 0 Å². The minimum absolute atomic E-state index is 0.354. The van der Waals surface area contributed by atoms with Crippen molar-refractivity contribution in [3.05, 3.63) is 29.3 Å². The number of rotatable bonds is 6. The molecule has 8 heteroatoms. The smallest absolute Gasteiger partial charge is 0.387 e. The summed E-state index contributed by atoms with van der Waals surface area (Å²) in [6, 6.07) is 3.38. The number of aliphatic carboxylic acids is 1. The monoisotopic (exact) mass is 308 g/mol. The Morgan fingerprint density at radius 2 is 1.95 bits per heavy atom. The highest BCUT2D eigenvalue weighted by atomic mass is 35.5. The van der Waals surface area contributed by atoms with Gasteiger partial charge in [0, 0.05) is 5.56 Å². The lowest BCUT2D eigenvalue weighted by Crippen LogP contribution is -2.20. The van der Waals surface area contributed by atoms with Crippen LogP contribution in [0.4, 0.5) is 8.78 Å². The average Bonchev–Trinajstić information content (AvgIpc) is 2.35. The number of carboxylic acids is 1. The molecule has 1 aromatic rings. The lowest BCUT2D eigenvalue weighted by atomic mass is 9.96. The van der Waals surface area contributed by atoms with Gasteiger partial charge in [-0.05, 0) is 13.0 Å². The Bertz CT molecular complexity index is 519. The van der Waals surface area contributed by atoms with Crippen LogP contribution in [0.1, 0.15) is 28.9 Å². The normalized spacial score (nSPS) is 13.9. The Kier molecular flexibility index (Phi) is 5.41. The number of carbonyl (C=O) groups excluding carboxylic acids is 1. The molecule has 0 amide bonds. The third kappa shape index (κ3) is 3.64. The second kappa shape index (κ2) is 6.62. The summed E-state index contributed by atoms with van der Waals surface area (Å²) in [6.45, 7) is -1.91. The van der Waals surface area contributed by atoms with Crippen molar-refractivity contribution in [3.8, 4) is 5.75 Å². The number of hydrogen-bond donors (Lipinski definition) is 2. The summed E-state index contributed by atoms with van der Waals surface area (Å²) < 4.78 is 28.8. The van der Waals surface area contributed by atoms with E-state index in [9.17, 15) is 23.5 Å². The number of ketones is 1. The summed E-state index contributed by atoms with van der Waals surface area (Å²) in [6.07, 6.45) is -2.05. The van der Waals surface area contributed by atoms with Crippen LogP contribution in [-0.4, -0.2) is 34.0 Å². The number of aliphatic hydroxyl groups is 1. The number of alkyl halides is 3. The van der Waals surface area contributed by atoms with Gasteiger partial charge in [-0.15, -0.1) is 11.6 Å². The molecule has 110 valence electrons. The van der Waals surface area contributed by atoms with Gasteiger partial charge in [0.05, 0.1) is 10.9 Å². The molecule has 2 atom stereocenters. The minimum atomic E-state index is -3.20. The first-order chi connectivity index (χ1) is 9.25. The van der Waals surface area contributed by atoms with Crippen molar-refractivity contribution >= 4 is 23.4 Å². The van der Waals surface area contributed by atoms with Crippen molar-refractivity contribution < 1.29 is 33.3 Å². The van der Waals surface area contributed by atoms with Crippen molar-refractivity contribution in [3.63, 3.8) is 0 Å². The van der Waals surface area contributed by atoms with E-state index in [1.165, 1.54) is 13.0 Å². The number of ether oxygens (including phenoxy) is 1. The van der Waals surface area contributed by atoms with Gasteiger partial charge < -0.3 is 14.9 Å². The Morgan fingerprint density at radius 3 is 2.40 bits per heavy atom. The van der Waals surface area contributed by atoms with Gasteiger partial charge in [0.15, 0.2) is 11.9 Å². The van der Waals surface area contributed by atoms with E-state index in [0.717, 1.165) is 12.1 Å². The molecule has 1 aromatic carbocycles. The maximum atomic E-state index is 12.3. The van der Waals surface area contributed by atoms with Gasteiger partial charge in [0.1, 0.15) is 5.75 Å². The van der Waals surface area contributed by atoms with Crippen molar-refractivity contribution in [2.45, 2.75) is 25.0 Å². The first kappa shape index (κ1) is 16.3. The largest absolute Gasteiger partial charge is 0.479 e. The van der Waals surface area contributed by atoms with Crippen molar-refractivity contribution in [1.82, 2.24) is 0 Å². The van der Waals surface area contributed by atoms with Crippen molar-refractivity contribution in [2.75, 3.05) is 0 Å². The molecule has 0 spiro atoms. The maximum Gasteiger partial charge on any atom is 0.387 e. The third-order valence-corrected chi connectivity index (χ3v) is 2.61. The molecule has 0 saturated heterocycles. The highest BCUT2D eigenvalue weighted by Crippen LogP contribution is 2.30. The molecule has 0 bridgehead atoms. The first-order valence-electron chi connectivity index (χ1n) is 5.42. The average molecular weight is 309 g/mol. The maximum absolute atomic E-state index is 12.3. The molecular weight excluding hydrogens is 298 g/mol. The standard InChI is InChI=1S/C12H11ClF2O5/c1-5(13)9(16)8-6(10(17)11(18)19)3-2-4-7(8)20-12(14)15/h2-5,10,12,17H,1H3,(H,18,19). The van der Waals surface area contributed by atoms with Crippen LogP contribution >= 0.6 is 11.6 Å². The fourth-order valence-corrected chi connectivity index (χ4v) is 1.67. The lowest BCUT2D eigenvalue weighted by Gasteiger charge is -2.16. The van der Waals surface area contributed by atoms with E-state index in [1.54, 1.807) is 0 Å². The van der Waals surface area contributed by atoms with Crippen LogP contribution in [0.3, 0.4) is 0 Å². The molecule has 2 N–H and O–H groups in total. The second-order valence-corrected chi connectivity index (χ2v) is 4.47. The molecule has 0 aliphatic heterocycles. The van der Waals surface area contributed by atoms with Crippen LogP contribution < -0.4 is 4.74 Å². The van der Waals surface area contributed by atoms with Crippen LogP contribution in [0.15, 0.2) is 18.2 Å². The molecule has 1 rings (SSSR count). The Labute approximate surface area is 117 Å². The predicted octanol–water partition coefficient (Wildman–Crippen LogP) is 2.22. The zero-order chi connectivity index (χ0) is 15.4. The van der Waals surface area contributed by atoms with Crippen LogP contribution in [-0.2, 0) is 4.79 Å². The van der Waals surface area contributed by atoms with E-state index >= 15 is 0 Å². The molecule has 20 heavy (non-hydrogen) atoms. The number of halogens is 3. The molecule has 0 heterocycles. The number of carboxylic acid groups (broad SMARTS) is 1. The van der Waals surface area contributed by atoms with Crippen LogP contribution in [0.25, 0.3) is 0 Å². The Balaban J connectivity index is 3.43. The topological polar surface area (TPSA) is 83.8 Å². The van der Waals surface area contributed by atoms with E-state index < -0.39 is 41.2 Å². The van der Waals surface area contributed by atoms with Crippen LogP contribution in [0, 0.1) is 0 Å². The zero-order valence-electron chi connectivity index (χ0n) is 10.2. The molecule has 0 radical (unpaired) electrons. The number of carbonyl (C=O) groups is 2. The highest BCUT2D eigenvalue weighted by molar-refractivity contribution is 6.34. The molecule has 0 fully saturated rings. The van der Waals surface area contributed by atoms with Crippen molar-refractivity contribution in [1.29, 1.82) is 0 Å². The number of Topliss-reactive ketones (excluding diaryl/α,β-unsaturated/α-hetero) is 1. The first-order valence-corrected chi connectivity index (χ1v) is 5.86. The van der Waals surface area contributed by atoms with Gasteiger partial charge >= 0.3 is 12.6 Å². The summed E-state index contributed by atoms with van der Waals surface area (Å²) in [7, 11) is 0. The van der Waals surface area contributed by atoms with Crippen LogP contribution in [0.2, 0.25) is 0 Å². The van der Waals surface area contributed by atoms with Gasteiger partial charge in [-0.1, -0.05) is 12.1 Å².